The highest BCUT2D eigenvalue weighted by Gasteiger charge is 2.08. The molecule has 0 aromatic heterocycles. The highest BCUT2D eigenvalue weighted by Crippen LogP contribution is 1.96. The third kappa shape index (κ3) is 23.9. The fraction of sp³-hybridized carbons (Fsp3) is 0.286. The average molecular weight is 347 g/mol. The normalized spacial score (nSPS) is 7.96. The molecule has 10 heteroatoms. The molecule has 0 aliphatic rings. The lowest BCUT2D eigenvalue weighted by Crippen LogP contribution is -2.11. The summed E-state index contributed by atoms with van der Waals surface area (Å²) in [7, 11) is 0. The Labute approximate surface area is 139 Å². The standard InChI is InChI=1S/C8H10O5.C3H7NO2.C3H4O2/c1-5(2)7(9)11-13-12-8(10)6(3)4;1-2-6-3(4)5;1-2-3(4)5/h1,3H2,2,4H3;2H2,1H3,(H2,4,5);2H,1H2,(H,4,5). The van der Waals surface area contributed by atoms with E-state index in [1.165, 1.54) is 13.8 Å². The zero-order valence-corrected chi connectivity index (χ0v) is 13.7. The molecule has 0 atom stereocenters. The minimum Gasteiger partial charge on any atom is -0.478 e. The predicted octanol–water partition coefficient (Wildman–Crippen LogP) is 1.43. The van der Waals surface area contributed by atoms with E-state index < -0.39 is 24.0 Å². The molecular weight excluding hydrogens is 326 g/mol. The summed E-state index contributed by atoms with van der Waals surface area (Å²) < 4.78 is 4.18. The van der Waals surface area contributed by atoms with Crippen LogP contribution in [0.4, 0.5) is 4.79 Å². The maximum atomic E-state index is 10.6. The van der Waals surface area contributed by atoms with E-state index in [1.807, 2.05) is 0 Å². The van der Waals surface area contributed by atoms with Gasteiger partial charge in [0.25, 0.3) is 0 Å². The van der Waals surface area contributed by atoms with Crippen molar-refractivity contribution in [1.29, 1.82) is 0 Å². The molecule has 0 saturated heterocycles. The van der Waals surface area contributed by atoms with Crippen molar-refractivity contribution in [3.05, 3.63) is 37.0 Å². The molecule has 0 radical (unpaired) electrons. The van der Waals surface area contributed by atoms with E-state index >= 15 is 0 Å². The van der Waals surface area contributed by atoms with Crippen LogP contribution < -0.4 is 5.73 Å². The van der Waals surface area contributed by atoms with Crippen LogP contribution in [0.15, 0.2) is 37.0 Å². The van der Waals surface area contributed by atoms with Gasteiger partial charge >= 0.3 is 24.0 Å². The van der Waals surface area contributed by atoms with Gasteiger partial charge in [0, 0.05) is 22.3 Å². The van der Waals surface area contributed by atoms with E-state index in [0.29, 0.717) is 6.61 Å². The Morgan fingerprint density at radius 2 is 1.38 bits per heavy atom. The van der Waals surface area contributed by atoms with Gasteiger partial charge in [-0.05, 0) is 20.8 Å². The van der Waals surface area contributed by atoms with Crippen LogP contribution in [0.3, 0.4) is 0 Å². The number of ether oxygens (including phenoxy) is 1. The molecule has 136 valence electrons. The number of carbonyl (C=O) groups excluding carboxylic acids is 3. The maximum Gasteiger partial charge on any atom is 0.404 e. The largest absolute Gasteiger partial charge is 0.478 e. The van der Waals surface area contributed by atoms with E-state index in [2.05, 4.69) is 45.0 Å². The summed E-state index contributed by atoms with van der Waals surface area (Å²) in [5.74, 6) is -2.60. The summed E-state index contributed by atoms with van der Waals surface area (Å²) in [6.45, 7) is 14.4. The average Bonchev–Trinajstić information content (AvgIpc) is 2.47. The number of nitrogens with two attached hydrogens (primary N) is 1. The van der Waals surface area contributed by atoms with E-state index in [9.17, 15) is 19.2 Å². The van der Waals surface area contributed by atoms with E-state index in [-0.39, 0.29) is 11.1 Å². The van der Waals surface area contributed by atoms with Crippen molar-refractivity contribution >= 4 is 24.0 Å². The van der Waals surface area contributed by atoms with Crippen molar-refractivity contribution in [2.24, 2.45) is 5.73 Å². The number of primary amides is 1. The van der Waals surface area contributed by atoms with Gasteiger partial charge < -0.3 is 15.6 Å². The van der Waals surface area contributed by atoms with Crippen LogP contribution in [0, 0.1) is 0 Å². The van der Waals surface area contributed by atoms with Gasteiger partial charge in [-0.25, -0.2) is 19.2 Å². The van der Waals surface area contributed by atoms with Crippen LogP contribution in [-0.2, 0) is 33.9 Å². The first kappa shape index (κ1) is 25.8. The van der Waals surface area contributed by atoms with Crippen LogP contribution in [-0.4, -0.2) is 35.7 Å². The molecule has 0 bridgehead atoms. The van der Waals surface area contributed by atoms with Gasteiger partial charge in [0.2, 0.25) is 0 Å². The Morgan fingerprint density at radius 1 is 1.04 bits per heavy atom. The first-order chi connectivity index (χ1) is 11.0. The molecule has 24 heavy (non-hydrogen) atoms. The third-order valence-electron chi connectivity index (χ3n) is 1.38. The second kappa shape index (κ2) is 16.2. The first-order valence-corrected chi connectivity index (χ1v) is 6.17. The monoisotopic (exact) mass is 347 g/mol. The Morgan fingerprint density at radius 3 is 1.50 bits per heavy atom. The zero-order valence-electron chi connectivity index (χ0n) is 13.7. The topological polar surface area (TPSA) is 151 Å². The molecule has 10 nitrogen and oxygen atoms in total. The summed E-state index contributed by atoms with van der Waals surface area (Å²) >= 11 is 0. The summed E-state index contributed by atoms with van der Waals surface area (Å²) in [6.07, 6.45) is 0.123. The fourth-order valence-corrected chi connectivity index (χ4v) is 0.363. The van der Waals surface area contributed by atoms with E-state index in [4.69, 9.17) is 5.11 Å². The Bertz CT molecular complexity index is 457. The van der Waals surface area contributed by atoms with Gasteiger partial charge in [-0.3, -0.25) is 9.78 Å². The molecule has 3 N–H and O–H groups in total. The minimum atomic E-state index is -0.981. The molecule has 0 unspecified atom stereocenters. The quantitative estimate of drug-likeness (QED) is 0.413. The lowest BCUT2D eigenvalue weighted by atomic mass is 10.4. The first-order valence-electron chi connectivity index (χ1n) is 6.17. The second-order valence-electron chi connectivity index (χ2n) is 3.66. The molecule has 0 fully saturated rings. The summed E-state index contributed by atoms with van der Waals surface area (Å²) in [4.78, 5) is 48.1. The van der Waals surface area contributed by atoms with Gasteiger partial charge in [-0.2, -0.15) is 0 Å². The molecule has 0 aromatic carbocycles. The van der Waals surface area contributed by atoms with Crippen LogP contribution in [0.5, 0.6) is 0 Å². The number of aliphatic carboxylic acids is 1. The molecule has 0 aliphatic carbocycles. The number of carboxylic acids is 1. The lowest BCUT2D eigenvalue weighted by Gasteiger charge is -2.00. The van der Waals surface area contributed by atoms with Crippen molar-refractivity contribution < 1.29 is 43.8 Å². The van der Waals surface area contributed by atoms with Crippen molar-refractivity contribution in [1.82, 2.24) is 0 Å². The highest BCUT2D eigenvalue weighted by molar-refractivity contribution is 5.87. The number of hydrogen-bond acceptors (Lipinski definition) is 8. The van der Waals surface area contributed by atoms with E-state index in [0.717, 1.165) is 6.08 Å². The Kier molecular flexibility index (Phi) is 17.4. The predicted molar refractivity (Wildman–Crippen MR) is 81.9 cm³/mol. The number of carboxylic acid groups (broad SMARTS) is 1. The van der Waals surface area contributed by atoms with Crippen molar-refractivity contribution in [2.45, 2.75) is 20.8 Å². The summed E-state index contributed by atoms with van der Waals surface area (Å²) in [6, 6.07) is 0. The van der Waals surface area contributed by atoms with Crippen LogP contribution >= 0.6 is 0 Å². The van der Waals surface area contributed by atoms with Gasteiger partial charge in [0.1, 0.15) is 0 Å². The molecular formula is C14H21NO9. The summed E-state index contributed by atoms with van der Waals surface area (Å²) in [5.41, 5.74) is 4.80. The number of carbonyl (C=O) groups is 4. The second-order valence-corrected chi connectivity index (χ2v) is 3.66. The van der Waals surface area contributed by atoms with Crippen LogP contribution in [0.2, 0.25) is 0 Å². The number of hydrogen-bond donors (Lipinski definition) is 2. The smallest absolute Gasteiger partial charge is 0.404 e. The molecule has 0 aliphatic heterocycles. The Hall–Kier alpha value is -3.14. The van der Waals surface area contributed by atoms with Gasteiger partial charge in [-0.1, -0.05) is 19.7 Å². The molecule has 0 spiro atoms. The zero-order chi connectivity index (χ0) is 19.7. The molecule has 0 saturated carbocycles. The number of amides is 1. The molecule has 0 rings (SSSR count). The Balaban J connectivity index is -0.000000332. The molecule has 0 heterocycles. The third-order valence-corrected chi connectivity index (χ3v) is 1.38. The van der Waals surface area contributed by atoms with Crippen molar-refractivity contribution in [2.75, 3.05) is 6.61 Å². The van der Waals surface area contributed by atoms with Gasteiger partial charge in [-0.15, -0.1) is 0 Å². The van der Waals surface area contributed by atoms with E-state index in [1.54, 1.807) is 6.92 Å². The SMILES string of the molecule is C=C(C)C(=O)OOOC(=O)C(=C)C.C=CC(=O)O.CCOC(N)=O. The minimum absolute atomic E-state index is 0.131. The van der Waals surface area contributed by atoms with Crippen molar-refractivity contribution in [3.63, 3.8) is 0 Å². The van der Waals surface area contributed by atoms with Gasteiger partial charge in [0.05, 0.1) is 6.61 Å². The highest BCUT2D eigenvalue weighted by atomic mass is 17.5. The summed E-state index contributed by atoms with van der Waals surface area (Å²) in [5, 5.41) is 11.5. The van der Waals surface area contributed by atoms with Crippen molar-refractivity contribution in [3.8, 4) is 0 Å². The maximum absolute atomic E-state index is 10.6. The fourth-order valence-electron chi connectivity index (χ4n) is 0.363. The van der Waals surface area contributed by atoms with Gasteiger partial charge in [0.15, 0.2) is 0 Å². The number of rotatable bonds is 6. The molecule has 1 amide bonds. The lowest BCUT2D eigenvalue weighted by molar-refractivity contribution is -0.456. The van der Waals surface area contributed by atoms with Crippen LogP contribution in [0.25, 0.3) is 0 Å². The molecule has 0 aromatic rings. The van der Waals surface area contributed by atoms with Crippen LogP contribution in [0.1, 0.15) is 20.8 Å².